The Balaban J connectivity index is 1.87. The van der Waals surface area contributed by atoms with Gasteiger partial charge in [-0.3, -0.25) is 9.18 Å². The summed E-state index contributed by atoms with van der Waals surface area (Å²) in [5, 5.41) is 11.7. The Morgan fingerprint density at radius 2 is 2.12 bits per heavy atom. The lowest BCUT2D eigenvalue weighted by Crippen LogP contribution is -2.54. The van der Waals surface area contributed by atoms with Gasteiger partial charge in [-0.2, -0.15) is 0 Å². The van der Waals surface area contributed by atoms with Gasteiger partial charge in [0, 0.05) is 38.7 Å². The molecule has 2 heterocycles. The molecule has 1 amide bonds. The van der Waals surface area contributed by atoms with Crippen LogP contribution in [-0.2, 0) is 14.3 Å². The van der Waals surface area contributed by atoms with Crippen LogP contribution in [-0.4, -0.2) is 80.3 Å². The van der Waals surface area contributed by atoms with Crippen molar-refractivity contribution in [3.63, 3.8) is 0 Å². The molecular formula is C24H36FN3O6. The number of nitrogens with zero attached hydrogens (tertiary/aromatic N) is 2. The summed E-state index contributed by atoms with van der Waals surface area (Å²) >= 11 is 0. The topological polar surface area (TPSA) is 110 Å². The summed E-state index contributed by atoms with van der Waals surface area (Å²) in [7, 11) is 1.62. The molecule has 0 aromatic carbocycles. The van der Waals surface area contributed by atoms with Crippen molar-refractivity contribution in [3.8, 4) is 5.88 Å². The number of aliphatic hydroxyl groups is 1. The van der Waals surface area contributed by atoms with Crippen LogP contribution in [0.15, 0.2) is 12.1 Å². The molecule has 0 spiro atoms. The smallest absolute Gasteiger partial charge is 0.331 e. The zero-order valence-electron chi connectivity index (χ0n) is 23.4. The molecule has 10 heteroatoms. The second kappa shape index (κ2) is 11.8. The Kier molecular flexibility index (Phi) is 7.24. The highest BCUT2D eigenvalue weighted by molar-refractivity contribution is 5.97. The van der Waals surface area contributed by atoms with Crippen molar-refractivity contribution in [1.29, 1.82) is 0 Å². The van der Waals surface area contributed by atoms with Gasteiger partial charge < -0.3 is 29.5 Å². The van der Waals surface area contributed by atoms with E-state index in [4.69, 9.17) is 19.7 Å². The number of esters is 1. The molecule has 4 atom stereocenters. The van der Waals surface area contributed by atoms with E-state index in [1.165, 1.54) is 6.07 Å². The van der Waals surface area contributed by atoms with Crippen molar-refractivity contribution in [3.05, 3.63) is 17.8 Å². The van der Waals surface area contributed by atoms with Gasteiger partial charge in [0.1, 0.15) is 16.9 Å². The quantitative estimate of drug-likeness (QED) is 0.305. The van der Waals surface area contributed by atoms with Gasteiger partial charge in [0.2, 0.25) is 5.88 Å². The Morgan fingerprint density at radius 3 is 2.74 bits per heavy atom. The van der Waals surface area contributed by atoms with Crippen LogP contribution in [0.3, 0.4) is 0 Å². The fraction of sp³-hybridized carbons (Fsp3) is 0.708. The molecule has 190 valence electrons. The number of alkyl halides is 1. The van der Waals surface area contributed by atoms with E-state index in [9.17, 15) is 19.1 Å². The van der Waals surface area contributed by atoms with Crippen LogP contribution < -0.4 is 15.0 Å². The van der Waals surface area contributed by atoms with E-state index in [1.807, 2.05) is 4.90 Å². The zero-order valence-corrected chi connectivity index (χ0v) is 19.4. The zero-order chi connectivity index (χ0) is 27.9. The number of rotatable bonds is 14. The number of carbonyl (C=O) groups excluding carboxylic acids is 2. The standard InChI is InChI=1S/C24H36FN3O6/c1-4-24(5-2,23(31)33-10-6-9-25)27-21(30)19-7-8-20(28-12-18(13-28)32-3)22(26-19)34-15-17-11-16(17)14-29/h7-8,16-18,29H,4-6,9-15H2,1-3H3,(H,27,30)/t16-,17?/m1/s1/i1D,2D,4D,5D/t4?,5?,16-,17?,24?. The number of aliphatic hydroxyl groups excluding tert-OH is 1. The fourth-order valence-corrected chi connectivity index (χ4v) is 3.61. The molecule has 2 aliphatic rings. The number of methoxy groups -OCH3 is 1. The van der Waals surface area contributed by atoms with Gasteiger partial charge in [-0.1, -0.05) is 13.8 Å². The van der Waals surface area contributed by atoms with E-state index in [1.54, 1.807) is 13.2 Å². The number of hydrogen-bond acceptors (Lipinski definition) is 8. The van der Waals surface area contributed by atoms with E-state index < -0.39 is 50.7 Å². The first-order valence-electron chi connectivity index (χ1n) is 13.8. The van der Waals surface area contributed by atoms with E-state index in [0.29, 0.717) is 25.4 Å². The number of nitrogens with one attached hydrogen (secondary N) is 1. The normalized spacial score (nSPS) is 24.9. The second-order valence-corrected chi connectivity index (χ2v) is 8.44. The largest absolute Gasteiger partial charge is 0.476 e. The van der Waals surface area contributed by atoms with Gasteiger partial charge in [-0.05, 0) is 43.2 Å². The second-order valence-electron chi connectivity index (χ2n) is 8.44. The molecule has 1 saturated carbocycles. The molecule has 3 unspecified atom stereocenters. The summed E-state index contributed by atoms with van der Waals surface area (Å²) < 4.78 is 60.9. The van der Waals surface area contributed by atoms with Crippen molar-refractivity contribution in [2.45, 2.75) is 51.1 Å². The molecule has 0 radical (unpaired) electrons. The molecule has 1 saturated heterocycles. The van der Waals surface area contributed by atoms with Gasteiger partial charge in [-0.25, -0.2) is 9.78 Å². The van der Waals surface area contributed by atoms with Crippen LogP contribution in [0.1, 0.15) is 55.4 Å². The lowest BCUT2D eigenvalue weighted by atomic mass is 9.92. The van der Waals surface area contributed by atoms with Crippen LogP contribution >= 0.6 is 0 Å². The van der Waals surface area contributed by atoms with Crippen LogP contribution in [0, 0.1) is 11.8 Å². The van der Waals surface area contributed by atoms with Crippen molar-refractivity contribution in [1.82, 2.24) is 10.3 Å². The highest BCUT2D eigenvalue weighted by atomic mass is 19.1. The van der Waals surface area contributed by atoms with Gasteiger partial charge in [0.15, 0.2) is 0 Å². The average Bonchev–Trinajstić information content (AvgIpc) is 3.68. The van der Waals surface area contributed by atoms with Crippen molar-refractivity contribution in [2.75, 3.05) is 51.6 Å². The monoisotopic (exact) mass is 485 g/mol. The predicted molar refractivity (Wildman–Crippen MR) is 124 cm³/mol. The van der Waals surface area contributed by atoms with E-state index in [-0.39, 0.29) is 49.1 Å². The number of anilines is 1. The summed E-state index contributed by atoms with van der Waals surface area (Å²) in [6.45, 7) is -0.827. The van der Waals surface area contributed by atoms with Crippen molar-refractivity contribution in [2.24, 2.45) is 11.8 Å². The molecule has 3 rings (SSSR count). The van der Waals surface area contributed by atoms with Crippen molar-refractivity contribution < 1.29 is 38.8 Å². The molecule has 2 fully saturated rings. The minimum atomic E-state index is -2.33. The van der Waals surface area contributed by atoms with E-state index in [0.717, 1.165) is 6.42 Å². The Hall–Kier alpha value is -2.46. The molecule has 1 aliphatic heterocycles. The average molecular weight is 486 g/mol. The third-order valence-corrected chi connectivity index (χ3v) is 6.15. The first-order valence-corrected chi connectivity index (χ1v) is 11.3. The summed E-state index contributed by atoms with van der Waals surface area (Å²) in [6.07, 6.45) is -2.47. The Morgan fingerprint density at radius 1 is 1.35 bits per heavy atom. The highest BCUT2D eigenvalue weighted by Gasteiger charge is 2.40. The van der Waals surface area contributed by atoms with Crippen LogP contribution in [0.2, 0.25) is 0 Å². The number of amides is 1. The molecule has 34 heavy (non-hydrogen) atoms. The van der Waals surface area contributed by atoms with Crippen LogP contribution in [0.5, 0.6) is 5.88 Å². The van der Waals surface area contributed by atoms with Gasteiger partial charge in [-0.15, -0.1) is 0 Å². The Bertz CT molecular complexity index is 948. The maximum atomic E-state index is 13.3. The molecule has 1 aliphatic carbocycles. The lowest BCUT2D eigenvalue weighted by Gasteiger charge is -2.40. The van der Waals surface area contributed by atoms with E-state index in [2.05, 4.69) is 10.3 Å². The first kappa shape index (κ1) is 20.9. The first-order chi connectivity index (χ1) is 18.2. The highest BCUT2D eigenvalue weighted by Crippen LogP contribution is 2.39. The number of pyridine rings is 1. The predicted octanol–water partition coefficient (Wildman–Crippen LogP) is 2.12. The van der Waals surface area contributed by atoms with Gasteiger partial charge in [0.25, 0.3) is 5.91 Å². The number of ether oxygens (including phenoxy) is 3. The number of aromatic nitrogens is 1. The minimum Gasteiger partial charge on any atom is -0.476 e. The summed E-state index contributed by atoms with van der Waals surface area (Å²) in [4.78, 5) is 32.7. The molecule has 2 N–H and O–H groups in total. The third-order valence-electron chi connectivity index (χ3n) is 6.15. The van der Waals surface area contributed by atoms with Gasteiger partial charge in [0.05, 0.1) is 26.0 Å². The van der Waals surface area contributed by atoms with Crippen LogP contribution in [0.4, 0.5) is 10.1 Å². The number of carbonyl (C=O) groups is 2. The molecule has 1 aromatic heterocycles. The molecule has 1 aromatic rings. The molecule has 9 nitrogen and oxygen atoms in total. The maximum Gasteiger partial charge on any atom is 0.331 e. The van der Waals surface area contributed by atoms with Crippen molar-refractivity contribution >= 4 is 17.6 Å². The minimum absolute atomic E-state index is 0.0507. The summed E-state index contributed by atoms with van der Waals surface area (Å²) in [5.74, 6) is -1.56. The summed E-state index contributed by atoms with van der Waals surface area (Å²) in [6, 6.07) is 3.07. The lowest BCUT2D eigenvalue weighted by molar-refractivity contribution is -0.152. The number of halogens is 1. The van der Waals surface area contributed by atoms with E-state index >= 15 is 0 Å². The molecular weight excluding hydrogens is 445 g/mol. The molecule has 0 bridgehead atoms. The fourth-order valence-electron chi connectivity index (χ4n) is 3.61. The Labute approximate surface area is 205 Å². The van der Waals surface area contributed by atoms with Gasteiger partial charge >= 0.3 is 5.97 Å². The number of hydrogen-bond donors (Lipinski definition) is 2. The third kappa shape index (κ3) is 5.96. The SMILES string of the molecule is [2H]CC([2H])C(NC(=O)c1ccc(N2CC(OC)C2)c(OCC2C[C@@H]2CO)n1)(C(=O)OCCCF)C([2H])C[2H]. The summed E-state index contributed by atoms with van der Waals surface area (Å²) in [5.41, 5.74) is -1.84. The van der Waals surface area contributed by atoms with Crippen LogP contribution in [0.25, 0.3) is 0 Å². The maximum absolute atomic E-state index is 13.3.